The van der Waals surface area contributed by atoms with Crippen LogP contribution in [0.2, 0.25) is 0 Å². The second-order valence-electron chi connectivity index (χ2n) is 6.69. The van der Waals surface area contributed by atoms with Crippen LogP contribution in [0.5, 0.6) is 0 Å². The Morgan fingerprint density at radius 3 is 2.23 bits per heavy atom. The van der Waals surface area contributed by atoms with E-state index in [9.17, 15) is 13.2 Å². The number of sulfonamides is 1. The number of hydrogen-bond donors (Lipinski definition) is 1. The van der Waals surface area contributed by atoms with Crippen LogP contribution >= 0.6 is 0 Å². The van der Waals surface area contributed by atoms with E-state index in [4.69, 9.17) is 0 Å². The standard InChI is InChI=1S/C16H24N2O3S/c1-16(2,18(3)4)11-17-22(20,21)14-9-7-13(8-10-14)15(19)12-5-6-12/h7-10,12,17H,5-6,11H2,1-4H3. The molecule has 1 aliphatic rings. The van der Waals surface area contributed by atoms with Crippen molar-refractivity contribution >= 4 is 15.8 Å². The van der Waals surface area contributed by atoms with Crippen LogP contribution in [0.4, 0.5) is 0 Å². The Morgan fingerprint density at radius 2 is 1.77 bits per heavy atom. The van der Waals surface area contributed by atoms with Crippen molar-refractivity contribution in [3.8, 4) is 0 Å². The van der Waals surface area contributed by atoms with E-state index < -0.39 is 10.0 Å². The number of hydrogen-bond acceptors (Lipinski definition) is 4. The summed E-state index contributed by atoms with van der Waals surface area (Å²) in [6.07, 6.45) is 1.89. The van der Waals surface area contributed by atoms with E-state index in [0.717, 1.165) is 12.8 Å². The molecule has 2 rings (SSSR count). The van der Waals surface area contributed by atoms with Gasteiger partial charge in [0.1, 0.15) is 0 Å². The molecule has 1 aliphatic carbocycles. The Labute approximate surface area is 132 Å². The van der Waals surface area contributed by atoms with Gasteiger partial charge < -0.3 is 4.90 Å². The molecule has 1 aromatic rings. The third kappa shape index (κ3) is 3.94. The Balaban J connectivity index is 2.07. The first kappa shape index (κ1) is 17.1. The van der Waals surface area contributed by atoms with Crippen LogP contribution in [-0.2, 0) is 10.0 Å². The smallest absolute Gasteiger partial charge is 0.240 e. The highest BCUT2D eigenvalue weighted by Gasteiger charge is 2.30. The molecule has 0 unspecified atom stereocenters. The van der Waals surface area contributed by atoms with Gasteiger partial charge >= 0.3 is 0 Å². The summed E-state index contributed by atoms with van der Waals surface area (Å²) >= 11 is 0. The first-order chi connectivity index (χ1) is 10.1. The predicted octanol–water partition coefficient (Wildman–Crippen LogP) is 1.90. The van der Waals surface area contributed by atoms with E-state index in [-0.39, 0.29) is 22.1 Å². The van der Waals surface area contributed by atoms with Crippen LogP contribution in [0.3, 0.4) is 0 Å². The normalized spacial score (nSPS) is 16.0. The number of rotatable bonds is 7. The van der Waals surface area contributed by atoms with Gasteiger partial charge in [-0.25, -0.2) is 13.1 Å². The van der Waals surface area contributed by atoms with Crippen LogP contribution in [0.25, 0.3) is 0 Å². The Bertz CT molecular complexity index is 644. The minimum absolute atomic E-state index is 0.116. The lowest BCUT2D eigenvalue weighted by Gasteiger charge is -2.32. The Hall–Kier alpha value is -1.24. The first-order valence-corrected chi connectivity index (χ1v) is 8.93. The number of Topliss-reactive ketones (excluding diaryl/α,β-unsaturated/α-hetero) is 1. The zero-order valence-corrected chi connectivity index (χ0v) is 14.4. The van der Waals surface area contributed by atoms with Gasteiger partial charge in [-0.1, -0.05) is 12.1 Å². The predicted molar refractivity (Wildman–Crippen MR) is 86.5 cm³/mol. The molecule has 22 heavy (non-hydrogen) atoms. The number of carbonyl (C=O) groups excluding carboxylic acids is 1. The minimum atomic E-state index is -3.56. The number of carbonyl (C=O) groups is 1. The summed E-state index contributed by atoms with van der Waals surface area (Å²) in [6, 6.07) is 6.21. The Kier molecular flexibility index (Phi) is 4.75. The molecule has 5 nitrogen and oxygen atoms in total. The molecule has 1 N–H and O–H groups in total. The van der Waals surface area contributed by atoms with Crippen molar-refractivity contribution in [3.63, 3.8) is 0 Å². The van der Waals surface area contributed by atoms with Gasteiger partial charge in [0.25, 0.3) is 0 Å². The topological polar surface area (TPSA) is 66.5 Å². The minimum Gasteiger partial charge on any atom is -0.303 e. The molecule has 0 bridgehead atoms. The third-order valence-electron chi connectivity index (χ3n) is 4.30. The highest BCUT2D eigenvalue weighted by molar-refractivity contribution is 7.89. The average Bonchev–Trinajstić information content (AvgIpc) is 3.29. The van der Waals surface area contributed by atoms with Gasteiger partial charge in [-0.05, 0) is 52.9 Å². The third-order valence-corrected chi connectivity index (χ3v) is 5.72. The van der Waals surface area contributed by atoms with Gasteiger partial charge in [0, 0.05) is 23.6 Å². The van der Waals surface area contributed by atoms with E-state index in [0.29, 0.717) is 12.1 Å². The highest BCUT2D eigenvalue weighted by atomic mass is 32.2. The van der Waals surface area contributed by atoms with Crippen molar-refractivity contribution in [1.29, 1.82) is 0 Å². The van der Waals surface area contributed by atoms with Gasteiger partial charge in [0.15, 0.2) is 5.78 Å². The summed E-state index contributed by atoms with van der Waals surface area (Å²) < 4.78 is 27.3. The maximum atomic E-state index is 12.3. The van der Waals surface area contributed by atoms with Crippen molar-refractivity contribution in [2.75, 3.05) is 20.6 Å². The summed E-state index contributed by atoms with van der Waals surface area (Å²) in [5.74, 6) is 0.257. The molecule has 0 heterocycles. The molecule has 0 spiro atoms. The molecule has 0 aliphatic heterocycles. The molecule has 0 atom stereocenters. The quantitative estimate of drug-likeness (QED) is 0.778. The van der Waals surface area contributed by atoms with Crippen molar-refractivity contribution < 1.29 is 13.2 Å². The SMILES string of the molecule is CN(C)C(C)(C)CNS(=O)(=O)c1ccc(C(=O)C2CC2)cc1. The molecular weight excluding hydrogens is 300 g/mol. The fourth-order valence-electron chi connectivity index (χ4n) is 1.89. The van der Waals surface area contributed by atoms with Gasteiger partial charge in [-0.2, -0.15) is 0 Å². The number of ketones is 1. The van der Waals surface area contributed by atoms with Crippen LogP contribution in [-0.4, -0.2) is 45.3 Å². The van der Waals surface area contributed by atoms with Gasteiger partial charge in [-0.15, -0.1) is 0 Å². The maximum Gasteiger partial charge on any atom is 0.240 e. The molecule has 0 aromatic heterocycles. The zero-order chi connectivity index (χ0) is 16.5. The molecule has 0 radical (unpaired) electrons. The van der Waals surface area contributed by atoms with Crippen molar-refractivity contribution in [2.24, 2.45) is 5.92 Å². The number of nitrogens with one attached hydrogen (secondary N) is 1. The summed E-state index contributed by atoms with van der Waals surface area (Å²) in [5, 5.41) is 0. The summed E-state index contributed by atoms with van der Waals surface area (Å²) in [7, 11) is 0.257. The molecule has 1 aromatic carbocycles. The van der Waals surface area contributed by atoms with Crippen LogP contribution < -0.4 is 4.72 Å². The molecular formula is C16H24N2O3S. The molecule has 0 saturated heterocycles. The molecule has 6 heteroatoms. The first-order valence-electron chi connectivity index (χ1n) is 7.45. The fraction of sp³-hybridized carbons (Fsp3) is 0.562. The van der Waals surface area contributed by atoms with Crippen molar-refractivity contribution in [1.82, 2.24) is 9.62 Å². The van der Waals surface area contributed by atoms with E-state index in [1.165, 1.54) is 12.1 Å². The van der Waals surface area contributed by atoms with Crippen molar-refractivity contribution in [2.45, 2.75) is 37.1 Å². The monoisotopic (exact) mass is 324 g/mol. The van der Waals surface area contributed by atoms with E-state index in [2.05, 4.69) is 4.72 Å². The zero-order valence-electron chi connectivity index (χ0n) is 13.6. The average molecular weight is 324 g/mol. The summed E-state index contributed by atoms with van der Waals surface area (Å²) in [5.41, 5.74) is 0.310. The van der Waals surface area contributed by atoms with Crippen molar-refractivity contribution in [3.05, 3.63) is 29.8 Å². The molecule has 122 valence electrons. The number of nitrogens with zero attached hydrogens (tertiary/aromatic N) is 1. The Morgan fingerprint density at radius 1 is 1.23 bits per heavy atom. The summed E-state index contributed by atoms with van der Waals surface area (Å²) in [4.78, 5) is 14.1. The summed E-state index contributed by atoms with van der Waals surface area (Å²) in [6.45, 7) is 4.24. The fourth-order valence-corrected chi connectivity index (χ4v) is 3.10. The molecule has 0 amide bonds. The second-order valence-corrected chi connectivity index (χ2v) is 8.46. The second kappa shape index (κ2) is 6.10. The maximum absolute atomic E-state index is 12.3. The van der Waals surface area contributed by atoms with Crippen LogP contribution in [0, 0.1) is 5.92 Å². The van der Waals surface area contributed by atoms with Crippen LogP contribution in [0.1, 0.15) is 37.0 Å². The lowest BCUT2D eigenvalue weighted by atomic mass is 10.1. The highest BCUT2D eigenvalue weighted by Crippen LogP contribution is 2.32. The van der Waals surface area contributed by atoms with E-state index in [1.54, 1.807) is 12.1 Å². The van der Waals surface area contributed by atoms with Crippen LogP contribution in [0.15, 0.2) is 29.2 Å². The number of benzene rings is 1. The largest absolute Gasteiger partial charge is 0.303 e. The molecule has 1 fully saturated rings. The molecule has 1 saturated carbocycles. The number of likely N-dealkylation sites (N-methyl/N-ethyl adjacent to an activating group) is 1. The lowest BCUT2D eigenvalue weighted by Crippen LogP contribution is -2.48. The van der Waals surface area contributed by atoms with Gasteiger partial charge in [0.05, 0.1) is 4.90 Å². The lowest BCUT2D eigenvalue weighted by molar-refractivity contribution is 0.0967. The van der Waals surface area contributed by atoms with Gasteiger partial charge in [0.2, 0.25) is 10.0 Å². The van der Waals surface area contributed by atoms with Gasteiger partial charge in [-0.3, -0.25) is 4.79 Å². The van der Waals surface area contributed by atoms with E-state index in [1.807, 2.05) is 32.8 Å². The van der Waals surface area contributed by atoms with E-state index >= 15 is 0 Å².